The number of aromatic nitrogens is 3. The second kappa shape index (κ2) is 10.9. The number of rotatable bonds is 8. The van der Waals surface area contributed by atoms with Crippen LogP contribution < -0.4 is 15.4 Å². The first-order valence-corrected chi connectivity index (χ1v) is 13.8. The number of aliphatic hydroxyl groups is 1. The number of hydrogen-bond donors (Lipinski definition) is 4. The van der Waals surface area contributed by atoms with E-state index in [1.54, 1.807) is 12.4 Å². The smallest absolute Gasteiger partial charge is 0.221 e. The monoisotopic (exact) mass is 529 g/mol. The number of hydrogen-bond acceptors (Lipinski definition) is 6. The molecule has 39 heavy (non-hydrogen) atoms. The van der Waals surface area contributed by atoms with Crippen LogP contribution in [0.15, 0.2) is 54.6 Å². The fourth-order valence-electron chi connectivity index (χ4n) is 5.51. The third-order valence-corrected chi connectivity index (χ3v) is 7.42. The van der Waals surface area contributed by atoms with Crippen molar-refractivity contribution in [3.63, 3.8) is 0 Å². The highest BCUT2D eigenvalue weighted by Gasteiger charge is 2.46. The molecule has 0 saturated heterocycles. The maximum absolute atomic E-state index is 12.0. The van der Waals surface area contributed by atoms with Gasteiger partial charge in [-0.15, -0.1) is 0 Å². The number of ether oxygens (including phenoxy) is 1. The van der Waals surface area contributed by atoms with Crippen LogP contribution in [0.4, 0.5) is 0 Å². The van der Waals surface area contributed by atoms with Gasteiger partial charge in [0, 0.05) is 61.3 Å². The fourth-order valence-corrected chi connectivity index (χ4v) is 5.51. The number of aromatic amines is 1. The molecular formula is C31H39N5O3. The zero-order valence-corrected chi connectivity index (χ0v) is 23.3. The Bertz CT molecular complexity index is 1340. The van der Waals surface area contributed by atoms with Crippen LogP contribution in [0.25, 0.3) is 17.5 Å². The molecule has 8 heteroatoms. The predicted molar refractivity (Wildman–Crippen MR) is 152 cm³/mol. The number of amides is 1. The topological polar surface area (TPSA) is 112 Å². The molecule has 4 N–H and O–H groups in total. The van der Waals surface area contributed by atoms with Gasteiger partial charge in [-0.05, 0) is 60.4 Å². The van der Waals surface area contributed by atoms with Crippen LogP contribution in [0.5, 0.6) is 5.88 Å². The Balaban J connectivity index is 1.36. The van der Waals surface area contributed by atoms with Crippen LogP contribution in [0.2, 0.25) is 0 Å². The Morgan fingerprint density at radius 3 is 2.77 bits per heavy atom. The van der Waals surface area contributed by atoms with E-state index in [0.717, 1.165) is 54.6 Å². The lowest BCUT2D eigenvalue weighted by molar-refractivity contribution is -0.118. The van der Waals surface area contributed by atoms with Gasteiger partial charge in [-0.2, -0.15) is 0 Å². The maximum Gasteiger partial charge on any atom is 0.221 e. The van der Waals surface area contributed by atoms with Gasteiger partial charge in [-0.25, -0.2) is 9.97 Å². The summed E-state index contributed by atoms with van der Waals surface area (Å²) in [4.78, 5) is 24.2. The van der Waals surface area contributed by atoms with Gasteiger partial charge in [-0.1, -0.05) is 39.0 Å². The van der Waals surface area contributed by atoms with Gasteiger partial charge in [0.1, 0.15) is 17.5 Å². The van der Waals surface area contributed by atoms with Crippen LogP contribution in [-0.2, 0) is 11.2 Å². The molecule has 1 aromatic carbocycles. The number of imidazole rings is 1. The first-order chi connectivity index (χ1) is 18.6. The minimum Gasteiger partial charge on any atom is -0.471 e. The second-order valence-electron chi connectivity index (χ2n) is 12.1. The summed E-state index contributed by atoms with van der Waals surface area (Å²) in [6.07, 6.45) is 11.2. The molecule has 206 valence electrons. The minimum absolute atomic E-state index is 0.00280. The van der Waals surface area contributed by atoms with E-state index in [-0.39, 0.29) is 29.5 Å². The third-order valence-electron chi connectivity index (χ3n) is 7.42. The van der Waals surface area contributed by atoms with E-state index in [1.807, 2.05) is 36.5 Å². The van der Waals surface area contributed by atoms with Gasteiger partial charge in [0.05, 0.1) is 0 Å². The summed E-state index contributed by atoms with van der Waals surface area (Å²) in [6, 6.07) is 10.0. The number of pyridine rings is 1. The number of nitrogens with one attached hydrogen (secondary N) is 3. The molecular weight excluding hydrogens is 490 g/mol. The van der Waals surface area contributed by atoms with Gasteiger partial charge in [-0.3, -0.25) is 4.79 Å². The fraction of sp³-hybridized carbons (Fsp3) is 0.452. The van der Waals surface area contributed by atoms with Crippen molar-refractivity contribution in [2.24, 2.45) is 5.41 Å². The maximum atomic E-state index is 12.0. The predicted octanol–water partition coefficient (Wildman–Crippen LogP) is 4.93. The van der Waals surface area contributed by atoms with Crippen molar-refractivity contribution in [2.75, 3.05) is 6.54 Å². The van der Waals surface area contributed by atoms with Crippen LogP contribution in [0.3, 0.4) is 0 Å². The molecule has 3 aromatic rings. The van der Waals surface area contributed by atoms with Gasteiger partial charge in [0.2, 0.25) is 11.8 Å². The number of nitrogens with zero attached hydrogens (tertiary/aromatic N) is 2. The highest BCUT2D eigenvalue weighted by molar-refractivity contribution is 5.77. The highest BCUT2D eigenvalue weighted by Crippen LogP contribution is 2.48. The van der Waals surface area contributed by atoms with Crippen LogP contribution in [-0.4, -0.2) is 44.2 Å². The van der Waals surface area contributed by atoms with Crippen molar-refractivity contribution in [1.82, 2.24) is 25.6 Å². The summed E-state index contributed by atoms with van der Waals surface area (Å²) in [7, 11) is 0. The van der Waals surface area contributed by atoms with Crippen molar-refractivity contribution in [3.8, 4) is 17.3 Å². The number of carbonyl (C=O) groups is 1. The molecule has 1 spiro atoms. The Labute approximate surface area is 230 Å². The lowest BCUT2D eigenvalue weighted by atomic mass is 9.73. The third kappa shape index (κ3) is 6.57. The first-order valence-electron chi connectivity index (χ1n) is 13.8. The molecule has 0 bridgehead atoms. The van der Waals surface area contributed by atoms with Crippen LogP contribution in [0, 0.1) is 5.41 Å². The number of carbonyl (C=O) groups excluding carboxylic acids is 1. The van der Waals surface area contributed by atoms with Crippen LogP contribution >= 0.6 is 0 Å². The van der Waals surface area contributed by atoms with Crippen molar-refractivity contribution >= 4 is 12.0 Å². The normalized spacial score (nSPS) is 19.1. The summed E-state index contributed by atoms with van der Waals surface area (Å²) in [5, 5.41) is 17.7. The summed E-state index contributed by atoms with van der Waals surface area (Å²) in [5.41, 5.74) is 4.40. The molecule has 5 rings (SSSR count). The largest absolute Gasteiger partial charge is 0.471 e. The van der Waals surface area contributed by atoms with E-state index in [0.29, 0.717) is 11.6 Å². The molecule has 2 atom stereocenters. The first kappa shape index (κ1) is 27.1. The van der Waals surface area contributed by atoms with Gasteiger partial charge in [0.25, 0.3) is 0 Å². The zero-order chi connectivity index (χ0) is 27.6. The highest BCUT2D eigenvalue weighted by atomic mass is 16.5. The molecule has 3 heterocycles. The number of H-pyrrole nitrogens is 1. The Hall–Kier alpha value is -3.49. The summed E-state index contributed by atoms with van der Waals surface area (Å²) < 4.78 is 6.41. The van der Waals surface area contributed by atoms with E-state index in [4.69, 9.17) is 9.72 Å². The van der Waals surface area contributed by atoms with Crippen molar-refractivity contribution in [3.05, 3.63) is 71.3 Å². The van der Waals surface area contributed by atoms with Gasteiger partial charge < -0.3 is 25.5 Å². The SMILES string of the molecule is CC(=O)N/C(=C\c1cccc(-c2ncc[nH]2)c1)[C@H](O)CN[C@H]1CC2(CCC2)Oc2ncc(CC(C)(C)C)cc21. The van der Waals surface area contributed by atoms with Crippen molar-refractivity contribution in [2.45, 2.75) is 77.5 Å². The average molecular weight is 530 g/mol. The van der Waals surface area contributed by atoms with Crippen molar-refractivity contribution in [1.29, 1.82) is 0 Å². The van der Waals surface area contributed by atoms with Crippen LogP contribution in [0.1, 0.15) is 76.1 Å². The van der Waals surface area contributed by atoms with Gasteiger partial charge in [0.15, 0.2) is 0 Å². The molecule has 0 radical (unpaired) electrons. The summed E-state index contributed by atoms with van der Waals surface area (Å²) in [6.45, 7) is 8.38. The molecule has 2 aromatic heterocycles. The standard InChI is InChI=1S/C31H39N5O3/c1-20(37)36-25(15-21-7-5-8-23(13-21)28-32-11-12-33-28)27(38)19-34-26-17-31(9-6-10-31)39-29-24(26)14-22(18-35-29)16-30(2,3)4/h5,7-8,11-15,18,26-27,34,38H,6,9-10,16-17,19H2,1-4H3,(H,32,33)(H,36,37)/b25-15-/t26-,27+/m0/s1. The molecule has 1 fully saturated rings. The van der Waals surface area contributed by atoms with E-state index in [2.05, 4.69) is 47.4 Å². The number of aliphatic hydroxyl groups excluding tert-OH is 1. The second-order valence-corrected chi connectivity index (χ2v) is 12.1. The van der Waals surface area contributed by atoms with Crippen molar-refractivity contribution < 1.29 is 14.6 Å². The number of benzene rings is 1. The Morgan fingerprint density at radius 1 is 1.28 bits per heavy atom. The molecule has 0 unspecified atom stereocenters. The lowest BCUT2D eigenvalue weighted by Gasteiger charge is -2.47. The average Bonchev–Trinajstić information content (AvgIpc) is 3.40. The molecule has 8 nitrogen and oxygen atoms in total. The Morgan fingerprint density at radius 2 is 2.10 bits per heavy atom. The Kier molecular flexibility index (Phi) is 7.60. The quantitative estimate of drug-likeness (QED) is 0.329. The van der Waals surface area contributed by atoms with E-state index < -0.39 is 6.10 Å². The van der Waals surface area contributed by atoms with Gasteiger partial charge >= 0.3 is 0 Å². The molecule has 1 aliphatic carbocycles. The zero-order valence-electron chi connectivity index (χ0n) is 23.3. The van der Waals surface area contributed by atoms with E-state index >= 15 is 0 Å². The molecule has 1 saturated carbocycles. The lowest BCUT2D eigenvalue weighted by Crippen LogP contribution is -2.50. The minimum atomic E-state index is -0.921. The van der Waals surface area contributed by atoms with E-state index in [9.17, 15) is 9.90 Å². The summed E-state index contributed by atoms with van der Waals surface area (Å²) in [5.74, 6) is 1.22. The molecule has 2 aliphatic rings. The molecule has 1 amide bonds. The summed E-state index contributed by atoms with van der Waals surface area (Å²) >= 11 is 0. The number of fused-ring (bicyclic) bond motifs is 1. The van der Waals surface area contributed by atoms with E-state index in [1.165, 1.54) is 12.5 Å². The molecule has 1 aliphatic heterocycles.